The Bertz CT molecular complexity index is 608. The zero-order valence-corrected chi connectivity index (χ0v) is 12.0. The predicted octanol–water partition coefficient (Wildman–Crippen LogP) is 2.62. The molecule has 1 aromatic carbocycles. The number of hydrogen-bond acceptors (Lipinski definition) is 4. The van der Waals surface area contributed by atoms with Gasteiger partial charge in [-0.1, -0.05) is 30.3 Å². The molecular formula is C17H19N3O. The quantitative estimate of drug-likeness (QED) is 0.867. The number of piperidine rings is 3. The van der Waals surface area contributed by atoms with Crippen molar-refractivity contribution in [2.24, 2.45) is 5.92 Å². The van der Waals surface area contributed by atoms with Crippen LogP contribution in [0.3, 0.4) is 0 Å². The molecule has 3 saturated heterocycles. The maximum absolute atomic E-state index is 6.09. The molecule has 0 N–H and O–H groups in total. The molecule has 0 radical (unpaired) electrons. The van der Waals surface area contributed by atoms with Gasteiger partial charge in [0.25, 0.3) is 0 Å². The lowest BCUT2D eigenvalue weighted by Crippen LogP contribution is -2.52. The van der Waals surface area contributed by atoms with Crippen LogP contribution in [0.25, 0.3) is 11.3 Å². The number of rotatable bonds is 3. The molecule has 4 nitrogen and oxygen atoms in total. The van der Waals surface area contributed by atoms with Gasteiger partial charge in [-0.25, -0.2) is 4.98 Å². The summed E-state index contributed by atoms with van der Waals surface area (Å²) in [5.41, 5.74) is 2.01. The van der Waals surface area contributed by atoms with Gasteiger partial charge in [-0.3, -0.25) is 4.90 Å². The molecule has 0 amide bonds. The molecule has 1 atom stereocenters. The molecule has 108 valence electrons. The van der Waals surface area contributed by atoms with Gasteiger partial charge in [-0.15, -0.1) is 0 Å². The molecule has 0 saturated carbocycles. The zero-order valence-electron chi connectivity index (χ0n) is 12.0. The van der Waals surface area contributed by atoms with Crippen molar-refractivity contribution in [3.8, 4) is 17.3 Å². The van der Waals surface area contributed by atoms with Gasteiger partial charge in [0, 0.05) is 18.3 Å². The molecule has 4 heterocycles. The third-order valence-corrected chi connectivity index (χ3v) is 4.56. The van der Waals surface area contributed by atoms with Gasteiger partial charge in [0.1, 0.15) is 6.10 Å². The Labute approximate surface area is 124 Å². The first-order valence-electron chi connectivity index (χ1n) is 7.66. The van der Waals surface area contributed by atoms with Crippen LogP contribution < -0.4 is 4.74 Å². The molecule has 2 aromatic rings. The average molecular weight is 281 g/mol. The average Bonchev–Trinajstić information content (AvgIpc) is 2.57. The number of nitrogens with zero attached hydrogens (tertiary/aromatic N) is 3. The monoisotopic (exact) mass is 281 g/mol. The number of fused-ring (bicyclic) bond motifs is 3. The minimum absolute atomic E-state index is 0.249. The fraction of sp³-hybridized carbons (Fsp3) is 0.412. The lowest BCUT2D eigenvalue weighted by Gasteiger charge is -2.43. The highest BCUT2D eigenvalue weighted by molar-refractivity contribution is 5.58. The Morgan fingerprint density at radius 3 is 2.57 bits per heavy atom. The van der Waals surface area contributed by atoms with Crippen LogP contribution in [-0.2, 0) is 0 Å². The van der Waals surface area contributed by atoms with Gasteiger partial charge < -0.3 is 4.74 Å². The van der Waals surface area contributed by atoms with Crippen LogP contribution in [0.15, 0.2) is 42.6 Å². The molecule has 0 spiro atoms. The van der Waals surface area contributed by atoms with Crippen molar-refractivity contribution in [1.82, 2.24) is 14.9 Å². The van der Waals surface area contributed by atoms with E-state index < -0.39 is 0 Å². The van der Waals surface area contributed by atoms with E-state index in [1.54, 1.807) is 6.20 Å². The summed E-state index contributed by atoms with van der Waals surface area (Å²) in [6.07, 6.45) is 4.51. The Kier molecular flexibility index (Phi) is 3.31. The van der Waals surface area contributed by atoms with Gasteiger partial charge in [-0.2, -0.15) is 4.98 Å². The minimum atomic E-state index is 0.249. The zero-order chi connectivity index (χ0) is 14.1. The summed E-state index contributed by atoms with van der Waals surface area (Å²) in [5, 5.41) is 0. The van der Waals surface area contributed by atoms with Crippen LogP contribution in [0.1, 0.15) is 12.8 Å². The highest BCUT2D eigenvalue weighted by atomic mass is 16.5. The van der Waals surface area contributed by atoms with Crippen LogP contribution in [0.5, 0.6) is 6.01 Å². The molecule has 5 rings (SSSR count). The molecule has 3 aliphatic rings. The van der Waals surface area contributed by atoms with E-state index >= 15 is 0 Å². The molecule has 21 heavy (non-hydrogen) atoms. The number of hydrogen-bond donors (Lipinski definition) is 0. The summed E-state index contributed by atoms with van der Waals surface area (Å²) < 4.78 is 6.09. The Hall–Kier alpha value is -1.94. The fourth-order valence-corrected chi connectivity index (χ4v) is 3.35. The molecule has 1 aromatic heterocycles. The predicted molar refractivity (Wildman–Crippen MR) is 81.0 cm³/mol. The van der Waals surface area contributed by atoms with Crippen molar-refractivity contribution in [2.45, 2.75) is 18.9 Å². The van der Waals surface area contributed by atoms with Gasteiger partial charge in [0.05, 0.1) is 5.69 Å². The van der Waals surface area contributed by atoms with Crippen molar-refractivity contribution in [2.75, 3.05) is 19.6 Å². The van der Waals surface area contributed by atoms with Crippen LogP contribution in [0.2, 0.25) is 0 Å². The normalized spacial score (nSPS) is 27.5. The van der Waals surface area contributed by atoms with Crippen LogP contribution in [0, 0.1) is 5.92 Å². The first-order valence-corrected chi connectivity index (χ1v) is 7.66. The van der Waals surface area contributed by atoms with E-state index in [-0.39, 0.29) is 6.10 Å². The Balaban J connectivity index is 1.53. The van der Waals surface area contributed by atoms with Gasteiger partial charge in [0.2, 0.25) is 0 Å². The summed E-state index contributed by atoms with van der Waals surface area (Å²) in [5.74, 6) is 0.666. The third kappa shape index (κ3) is 2.63. The molecule has 2 bridgehead atoms. The van der Waals surface area contributed by atoms with E-state index in [0.29, 0.717) is 11.9 Å². The molecule has 1 unspecified atom stereocenters. The van der Waals surface area contributed by atoms with Crippen LogP contribution >= 0.6 is 0 Å². The Morgan fingerprint density at radius 2 is 1.86 bits per heavy atom. The summed E-state index contributed by atoms with van der Waals surface area (Å²) >= 11 is 0. The lowest BCUT2D eigenvalue weighted by molar-refractivity contribution is -0.0122. The second-order valence-corrected chi connectivity index (χ2v) is 5.88. The van der Waals surface area contributed by atoms with Crippen molar-refractivity contribution < 1.29 is 4.74 Å². The lowest BCUT2D eigenvalue weighted by atomic mass is 9.86. The smallest absolute Gasteiger partial charge is 0.317 e. The minimum Gasteiger partial charge on any atom is -0.458 e. The van der Waals surface area contributed by atoms with E-state index in [0.717, 1.165) is 17.8 Å². The Morgan fingerprint density at radius 1 is 1.05 bits per heavy atom. The van der Waals surface area contributed by atoms with Crippen molar-refractivity contribution >= 4 is 0 Å². The summed E-state index contributed by atoms with van der Waals surface area (Å²) in [6.45, 7) is 3.45. The number of ether oxygens (including phenoxy) is 1. The molecule has 4 heteroatoms. The van der Waals surface area contributed by atoms with Crippen LogP contribution in [-0.4, -0.2) is 40.6 Å². The topological polar surface area (TPSA) is 38.2 Å². The number of aromatic nitrogens is 2. The summed E-state index contributed by atoms with van der Waals surface area (Å²) in [4.78, 5) is 11.3. The van der Waals surface area contributed by atoms with Gasteiger partial charge in [0.15, 0.2) is 0 Å². The second-order valence-electron chi connectivity index (χ2n) is 5.88. The molecule has 3 fully saturated rings. The van der Waals surface area contributed by atoms with Crippen molar-refractivity contribution in [1.29, 1.82) is 0 Å². The van der Waals surface area contributed by atoms with Gasteiger partial charge >= 0.3 is 6.01 Å². The first-order chi connectivity index (χ1) is 10.4. The van der Waals surface area contributed by atoms with E-state index in [2.05, 4.69) is 27.0 Å². The maximum Gasteiger partial charge on any atom is 0.317 e. The van der Waals surface area contributed by atoms with Crippen LogP contribution in [0.4, 0.5) is 0 Å². The second kappa shape index (κ2) is 5.45. The van der Waals surface area contributed by atoms with E-state index in [9.17, 15) is 0 Å². The highest BCUT2D eigenvalue weighted by Gasteiger charge is 2.35. The highest BCUT2D eigenvalue weighted by Crippen LogP contribution is 2.30. The van der Waals surface area contributed by atoms with E-state index in [1.807, 2.05) is 24.3 Å². The molecular weight excluding hydrogens is 262 g/mol. The molecule has 0 aliphatic carbocycles. The first kappa shape index (κ1) is 12.8. The van der Waals surface area contributed by atoms with E-state index in [1.165, 1.54) is 25.9 Å². The standard InChI is InChI=1S/C17H19N3O/c1-2-4-13(5-3-1)15-6-9-18-17(19-15)21-16-12-20-10-7-14(16)8-11-20/h1-6,9,14,16H,7-8,10-12H2. The number of benzene rings is 1. The summed E-state index contributed by atoms with van der Waals surface area (Å²) in [7, 11) is 0. The van der Waals surface area contributed by atoms with Gasteiger partial charge in [-0.05, 0) is 37.9 Å². The van der Waals surface area contributed by atoms with E-state index in [4.69, 9.17) is 4.74 Å². The molecule has 3 aliphatic heterocycles. The van der Waals surface area contributed by atoms with Crippen molar-refractivity contribution in [3.05, 3.63) is 42.6 Å². The fourth-order valence-electron chi connectivity index (χ4n) is 3.35. The largest absolute Gasteiger partial charge is 0.458 e. The van der Waals surface area contributed by atoms with Crippen molar-refractivity contribution in [3.63, 3.8) is 0 Å². The maximum atomic E-state index is 6.09. The third-order valence-electron chi connectivity index (χ3n) is 4.56. The summed E-state index contributed by atoms with van der Waals surface area (Å²) in [6, 6.07) is 12.6. The SMILES string of the molecule is c1ccc(-c2ccnc(OC3CN4CCC3CC4)n2)cc1.